The highest BCUT2D eigenvalue weighted by molar-refractivity contribution is 6.13. The Labute approximate surface area is 220 Å². The van der Waals surface area contributed by atoms with Crippen molar-refractivity contribution in [2.24, 2.45) is 22.7 Å². The van der Waals surface area contributed by atoms with Gasteiger partial charge in [0.05, 0.1) is 12.4 Å². The van der Waals surface area contributed by atoms with Crippen molar-refractivity contribution in [2.45, 2.75) is 59.0 Å². The maximum Gasteiger partial charge on any atom is 0.321 e. The van der Waals surface area contributed by atoms with Crippen molar-refractivity contribution in [3.63, 3.8) is 0 Å². The number of amides is 3. The van der Waals surface area contributed by atoms with Gasteiger partial charge in [-0.2, -0.15) is 0 Å². The number of anilines is 2. The van der Waals surface area contributed by atoms with Crippen LogP contribution >= 0.6 is 0 Å². The van der Waals surface area contributed by atoms with E-state index in [9.17, 15) is 9.59 Å². The molecule has 0 aromatic heterocycles. The van der Waals surface area contributed by atoms with Crippen LogP contribution in [-0.2, 0) is 4.79 Å². The fourth-order valence-corrected chi connectivity index (χ4v) is 6.02. The van der Waals surface area contributed by atoms with Crippen molar-refractivity contribution >= 4 is 29.0 Å². The van der Waals surface area contributed by atoms with Gasteiger partial charge in [0.1, 0.15) is 0 Å². The van der Waals surface area contributed by atoms with Gasteiger partial charge in [-0.05, 0) is 80.5 Å². The van der Waals surface area contributed by atoms with E-state index in [1.54, 1.807) is 0 Å². The Balaban J connectivity index is 1.44. The average molecular weight is 502 g/mol. The summed E-state index contributed by atoms with van der Waals surface area (Å²) in [5.41, 5.74) is 4.45. The normalized spacial score (nSPS) is 23.8. The Morgan fingerprint density at radius 3 is 2.41 bits per heavy atom. The zero-order chi connectivity index (χ0) is 25.9. The molecule has 1 unspecified atom stereocenters. The predicted octanol–water partition coefficient (Wildman–Crippen LogP) is 5.40. The first kappa shape index (κ1) is 25.5. The molecule has 7 nitrogen and oxygen atoms in total. The van der Waals surface area contributed by atoms with E-state index in [0.717, 1.165) is 42.0 Å². The van der Waals surface area contributed by atoms with Gasteiger partial charge in [0.2, 0.25) is 6.17 Å². The third-order valence-electron chi connectivity index (χ3n) is 7.78. The number of carbonyl (C=O) groups is 2. The van der Waals surface area contributed by atoms with Crippen LogP contribution < -0.4 is 15.5 Å². The van der Waals surface area contributed by atoms with Crippen LogP contribution in [0.15, 0.2) is 53.5 Å². The molecule has 4 aliphatic rings. The van der Waals surface area contributed by atoms with E-state index in [-0.39, 0.29) is 5.91 Å². The van der Waals surface area contributed by atoms with Crippen molar-refractivity contribution in [1.82, 2.24) is 10.2 Å². The highest BCUT2D eigenvalue weighted by Crippen LogP contribution is 2.35. The van der Waals surface area contributed by atoms with Gasteiger partial charge in [-0.1, -0.05) is 44.2 Å². The summed E-state index contributed by atoms with van der Waals surface area (Å²) >= 11 is 0. The molecule has 0 radical (unpaired) electrons. The van der Waals surface area contributed by atoms with E-state index in [2.05, 4.69) is 35.4 Å². The molecule has 2 aromatic carbocycles. The average Bonchev–Trinajstić information content (AvgIpc) is 3.22. The first-order valence-electron chi connectivity index (χ1n) is 13.7. The molecule has 7 heteroatoms. The lowest BCUT2D eigenvalue weighted by Gasteiger charge is -2.32. The molecule has 2 bridgehead atoms. The van der Waals surface area contributed by atoms with Crippen LogP contribution in [0.1, 0.15) is 57.1 Å². The number of rotatable bonds is 6. The van der Waals surface area contributed by atoms with Crippen LogP contribution in [0.25, 0.3) is 0 Å². The largest absolute Gasteiger partial charge is 0.321 e. The van der Waals surface area contributed by atoms with Gasteiger partial charge in [-0.15, -0.1) is 0 Å². The van der Waals surface area contributed by atoms with E-state index < -0.39 is 12.2 Å². The van der Waals surface area contributed by atoms with Gasteiger partial charge in [0.25, 0.3) is 5.91 Å². The standard InChI is InChI=1S/C30H39N5O2/c1-20(2)15-26-25-9-4-5-10-27(25)35(19-34-17-22-11-12-23(18-34)14-13-22)29(36)28(32-26)33-30(37)31-24-8-6-7-21(3)16-24/h4-10,16,20,22-23,28H,11-15,17-19H2,1-3H3,(H2,31,33,37). The monoisotopic (exact) mass is 501 g/mol. The summed E-state index contributed by atoms with van der Waals surface area (Å²) in [5.74, 6) is 1.58. The summed E-state index contributed by atoms with van der Waals surface area (Å²) < 4.78 is 0. The first-order valence-corrected chi connectivity index (χ1v) is 13.7. The second-order valence-electron chi connectivity index (χ2n) is 11.4. The van der Waals surface area contributed by atoms with Gasteiger partial charge in [-0.25, -0.2) is 4.79 Å². The highest BCUT2D eigenvalue weighted by Gasteiger charge is 2.36. The lowest BCUT2D eigenvalue weighted by atomic mass is 9.84. The van der Waals surface area contributed by atoms with Crippen LogP contribution in [0.3, 0.4) is 0 Å². The van der Waals surface area contributed by atoms with Crippen LogP contribution in [0.4, 0.5) is 16.2 Å². The number of benzodiazepines with no additional fused rings is 1. The van der Waals surface area contributed by atoms with E-state index in [4.69, 9.17) is 4.99 Å². The van der Waals surface area contributed by atoms with Gasteiger partial charge in [0, 0.05) is 30.1 Å². The number of hydrogen-bond donors (Lipinski definition) is 2. The topological polar surface area (TPSA) is 77.0 Å². The Bertz CT molecular complexity index is 1150. The Morgan fingerprint density at radius 1 is 1.03 bits per heavy atom. The molecule has 0 spiro atoms. The number of aliphatic imine (C=N–C) groups is 1. The first-order chi connectivity index (χ1) is 17.9. The van der Waals surface area contributed by atoms with E-state index in [1.165, 1.54) is 25.7 Å². The number of aryl methyl sites for hydroxylation is 1. The molecule has 37 heavy (non-hydrogen) atoms. The molecule has 2 aromatic rings. The minimum Gasteiger partial charge on any atom is -0.308 e. The Kier molecular flexibility index (Phi) is 7.60. The molecule has 2 N–H and O–H groups in total. The van der Waals surface area contributed by atoms with Crippen molar-refractivity contribution in [1.29, 1.82) is 0 Å². The second kappa shape index (κ2) is 11.1. The summed E-state index contributed by atoms with van der Waals surface area (Å²) in [6, 6.07) is 15.2. The van der Waals surface area contributed by atoms with Crippen molar-refractivity contribution in [3.05, 3.63) is 59.7 Å². The van der Waals surface area contributed by atoms with Crippen LogP contribution in [-0.4, -0.2) is 48.5 Å². The summed E-state index contributed by atoms with van der Waals surface area (Å²) in [5, 5.41) is 5.75. The lowest BCUT2D eigenvalue weighted by Crippen LogP contribution is -2.52. The van der Waals surface area contributed by atoms with Crippen molar-refractivity contribution in [3.8, 4) is 0 Å². The van der Waals surface area contributed by atoms with Gasteiger partial charge in [-0.3, -0.25) is 19.6 Å². The summed E-state index contributed by atoms with van der Waals surface area (Å²) in [6.07, 6.45) is 4.89. The van der Waals surface area contributed by atoms with Crippen LogP contribution in [0, 0.1) is 24.7 Å². The molecule has 2 saturated heterocycles. The molecule has 3 heterocycles. The smallest absolute Gasteiger partial charge is 0.308 e. The zero-order valence-corrected chi connectivity index (χ0v) is 22.2. The fraction of sp³-hybridized carbons (Fsp3) is 0.500. The molecule has 1 atom stereocenters. The molecule has 1 aliphatic carbocycles. The van der Waals surface area contributed by atoms with Crippen LogP contribution in [0.2, 0.25) is 0 Å². The predicted molar refractivity (Wildman–Crippen MR) is 149 cm³/mol. The summed E-state index contributed by atoms with van der Waals surface area (Å²) in [6.45, 7) is 8.84. The highest BCUT2D eigenvalue weighted by atomic mass is 16.2. The molecule has 3 aliphatic heterocycles. The number of fused-ring (bicyclic) bond motifs is 5. The van der Waals surface area contributed by atoms with Gasteiger partial charge >= 0.3 is 6.03 Å². The third kappa shape index (κ3) is 6.04. The van der Waals surface area contributed by atoms with Crippen LogP contribution in [0.5, 0.6) is 0 Å². The fourth-order valence-electron chi connectivity index (χ4n) is 6.02. The molecular weight excluding hydrogens is 462 g/mol. The Hall–Kier alpha value is -3.19. The number of nitrogens with one attached hydrogen (secondary N) is 2. The minimum atomic E-state index is -0.991. The number of para-hydroxylation sites is 1. The van der Waals surface area contributed by atoms with E-state index in [1.807, 2.05) is 54.3 Å². The van der Waals surface area contributed by atoms with E-state index >= 15 is 0 Å². The second-order valence-corrected chi connectivity index (χ2v) is 11.4. The van der Waals surface area contributed by atoms with Gasteiger partial charge < -0.3 is 10.6 Å². The van der Waals surface area contributed by atoms with Crippen molar-refractivity contribution in [2.75, 3.05) is 30.0 Å². The lowest BCUT2D eigenvalue weighted by molar-refractivity contribution is -0.120. The molecular formula is C30H39N5O2. The zero-order valence-electron chi connectivity index (χ0n) is 22.2. The summed E-state index contributed by atoms with van der Waals surface area (Å²) in [7, 11) is 0. The van der Waals surface area contributed by atoms with Gasteiger partial charge in [0.15, 0.2) is 0 Å². The molecule has 6 rings (SSSR count). The Morgan fingerprint density at radius 2 is 1.73 bits per heavy atom. The molecule has 3 fully saturated rings. The number of carbonyl (C=O) groups excluding carboxylic acids is 2. The minimum absolute atomic E-state index is 0.192. The quantitative estimate of drug-likeness (QED) is 0.556. The summed E-state index contributed by atoms with van der Waals surface area (Å²) in [4.78, 5) is 36.3. The third-order valence-corrected chi connectivity index (χ3v) is 7.78. The van der Waals surface area contributed by atoms with Crippen molar-refractivity contribution < 1.29 is 9.59 Å². The maximum absolute atomic E-state index is 14.1. The molecule has 3 amide bonds. The number of hydrogen-bond acceptors (Lipinski definition) is 4. The molecule has 1 saturated carbocycles. The number of urea groups is 1. The molecule has 196 valence electrons. The SMILES string of the molecule is Cc1cccc(NC(=O)NC2N=C(CC(C)C)c3ccccc3N(CN3CC4CCC(CC4)C3)C2=O)c1. The van der Waals surface area contributed by atoms with E-state index in [0.29, 0.717) is 30.1 Å². The number of nitrogens with zero attached hydrogens (tertiary/aromatic N) is 3. The maximum atomic E-state index is 14.1. The number of benzene rings is 2.